The average molecular weight is 153 g/mol. The molecule has 0 aliphatic carbocycles. The van der Waals surface area contributed by atoms with Gasteiger partial charge in [0.2, 0.25) is 0 Å². The lowest BCUT2D eigenvalue weighted by Gasteiger charge is -1.99. The van der Waals surface area contributed by atoms with Gasteiger partial charge in [-0.1, -0.05) is 13.3 Å². The zero-order valence-corrected chi connectivity index (χ0v) is 6.93. The Kier molecular flexibility index (Phi) is 3.69. The van der Waals surface area contributed by atoms with Gasteiger partial charge in [0.1, 0.15) is 0 Å². The van der Waals surface area contributed by atoms with E-state index in [9.17, 15) is 0 Å². The molecule has 3 nitrogen and oxygen atoms in total. The first-order valence-corrected chi connectivity index (χ1v) is 4.12. The summed E-state index contributed by atoms with van der Waals surface area (Å²) in [6, 6.07) is 0. The highest BCUT2D eigenvalue weighted by molar-refractivity contribution is 5.01. The molecule has 62 valence electrons. The van der Waals surface area contributed by atoms with Crippen LogP contribution in [-0.2, 0) is 6.54 Å². The van der Waals surface area contributed by atoms with Crippen molar-refractivity contribution in [3.8, 4) is 0 Å². The summed E-state index contributed by atoms with van der Waals surface area (Å²) in [5.74, 6) is 0. The third-order valence-corrected chi connectivity index (χ3v) is 1.59. The van der Waals surface area contributed by atoms with E-state index in [1.54, 1.807) is 0 Å². The van der Waals surface area contributed by atoms with Crippen molar-refractivity contribution in [3.63, 3.8) is 0 Å². The molecule has 0 fully saturated rings. The maximum atomic E-state index is 3.86. The van der Waals surface area contributed by atoms with Gasteiger partial charge in [0.05, 0.1) is 6.20 Å². The smallest absolute Gasteiger partial charge is 0.0532 e. The lowest BCUT2D eigenvalue weighted by molar-refractivity contribution is 0.641. The Bertz CT molecular complexity index is 169. The Hall–Kier alpha value is -0.830. The molecule has 0 aromatic carbocycles. The third kappa shape index (κ3) is 3.18. The Labute approximate surface area is 67.2 Å². The summed E-state index contributed by atoms with van der Waals surface area (Å²) in [6.45, 7) is 4.22. The van der Waals surface area contributed by atoms with Crippen LogP contribution in [0.5, 0.6) is 0 Å². The van der Waals surface area contributed by atoms with E-state index in [-0.39, 0.29) is 0 Å². The molecular weight excluding hydrogens is 138 g/mol. The molecule has 0 saturated carbocycles. The summed E-state index contributed by atoms with van der Waals surface area (Å²) in [7, 11) is 0. The molecule has 1 rings (SSSR count). The third-order valence-electron chi connectivity index (χ3n) is 1.59. The molecule has 0 aliphatic rings. The van der Waals surface area contributed by atoms with Crippen LogP contribution in [0.15, 0.2) is 12.4 Å². The molecule has 0 amide bonds. The van der Waals surface area contributed by atoms with E-state index in [4.69, 9.17) is 0 Å². The number of hydrogen-bond donors (Lipinski definition) is 2. The number of unbranched alkanes of at least 4 members (excludes halogenated alkanes) is 1. The van der Waals surface area contributed by atoms with E-state index < -0.39 is 0 Å². The van der Waals surface area contributed by atoms with Gasteiger partial charge in [-0.25, -0.2) is 0 Å². The maximum Gasteiger partial charge on any atom is 0.0532 e. The topological polar surface area (TPSA) is 40.7 Å². The van der Waals surface area contributed by atoms with Gasteiger partial charge in [-0.05, 0) is 13.0 Å². The van der Waals surface area contributed by atoms with Crippen LogP contribution >= 0.6 is 0 Å². The van der Waals surface area contributed by atoms with Crippen molar-refractivity contribution in [1.29, 1.82) is 0 Å². The van der Waals surface area contributed by atoms with E-state index in [0.29, 0.717) is 0 Å². The molecule has 0 atom stereocenters. The Morgan fingerprint density at radius 2 is 2.55 bits per heavy atom. The Morgan fingerprint density at radius 3 is 3.18 bits per heavy atom. The van der Waals surface area contributed by atoms with Gasteiger partial charge < -0.3 is 5.32 Å². The van der Waals surface area contributed by atoms with Gasteiger partial charge in [0.15, 0.2) is 0 Å². The summed E-state index contributed by atoms with van der Waals surface area (Å²) < 4.78 is 0. The second-order valence-electron chi connectivity index (χ2n) is 2.64. The van der Waals surface area contributed by atoms with Crippen molar-refractivity contribution in [1.82, 2.24) is 15.5 Å². The van der Waals surface area contributed by atoms with Crippen LogP contribution in [0.25, 0.3) is 0 Å². The molecule has 1 heterocycles. The van der Waals surface area contributed by atoms with E-state index in [2.05, 4.69) is 22.4 Å². The number of nitrogens with zero attached hydrogens (tertiary/aromatic N) is 1. The zero-order chi connectivity index (χ0) is 7.94. The second kappa shape index (κ2) is 4.91. The Balaban J connectivity index is 2.04. The summed E-state index contributed by atoms with van der Waals surface area (Å²) in [4.78, 5) is 0. The number of nitrogens with one attached hydrogen (secondary N) is 2. The van der Waals surface area contributed by atoms with E-state index in [1.165, 1.54) is 18.4 Å². The van der Waals surface area contributed by atoms with Crippen LogP contribution in [0.2, 0.25) is 0 Å². The van der Waals surface area contributed by atoms with Crippen LogP contribution in [0.3, 0.4) is 0 Å². The van der Waals surface area contributed by atoms with Crippen molar-refractivity contribution >= 4 is 0 Å². The number of hydrogen-bond acceptors (Lipinski definition) is 2. The molecule has 11 heavy (non-hydrogen) atoms. The molecule has 0 radical (unpaired) electrons. The van der Waals surface area contributed by atoms with E-state index in [0.717, 1.165) is 13.1 Å². The molecule has 0 saturated heterocycles. The molecule has 1 aromatic rings. The van der Waals surface area contributed by atoms with Crippen LogP contribution in [0.1, 0.15) is 25.3 Å². The fourth-order valence-corrected chi connectivity index (χ4v) is 0.909. The fourth-order valence-electron chi connectivity index (χ4n) is 0.909. The largest absolute Gasteiger partial charge is 0.313 e. The van der Waals surface area contributed by atoms with Crippen LogP contribution in [-0.4, -0.2) is 16.7 Å². The normalized spacial score (nSPS) is 10.3. The lowest BCUT2D eigenvalue weighted by Crippen LogP contribution is -2.13. The SMILES string of the molecule is CCCCNCc1cn[nH]c1. The average Bonchev–Trinajstić information content (AvgIpc) is 2.50. The highest BCUT2D eigenvalue weighted by Crippen LogP contribution is 1.92. The van der Waals surface area contributed by atoms with Crippen molar-refractivity contribution in [3.05, 3.63) is 18.0 Å². The molecule has 0 aliphatic heterocycles. The molecule has 0 spiro atoms. The molecule has 0 unspecified atom stereocenters. The second-order valence-corrected chi connectivity index (χ2v) is 2.64. The highest BCUT2D eigenvalue weighted by atomic mass is 15.1. The predicted molar refractivity (Wildman–Crippen MR) is 45.2 cm³/mol. The minimum atomic E-state index is 0.927. The summed E-state index contributed by atoms with van der Waals surface area (Å²) in [5.41, 5.74) is 1.22. The number of aromatic amines is 1. The van der Waals surface area contributed by atoms with Crippen LogP contribution < -0.4 is 5.32 Å². The van der Waals surface area contributed by atoms with Gasteiger partial charge in [-0.3, -0.25) is 5.10 Å². The zero-order valence-electron chi connectivity index (χ0n) is 6.93. The van der Waals surface area contributed by atoms with Crippen molar-refractivity contribution in [2.75, 3.05) is 6.54 Å². The van der Waals surface area contributed by atoms with Gasteiger partial charge in [0, 0.05) is 18.3 Å². The van der Waals surface area contributed by atoms with Gasteiger partial charge in [0.25, 0.3) is 0 Å². The van der Waals surface area contributed by atoms with E-state index in [1.807, 2.05) is 12.4 Å². The summed E-state index contributed by atoms with van der Waals surface area (Å²) >= 11 is 0. The standard InChI is InChI=1S/C8H15N3/c1-2-3-4-9-5-8-6-10-11-7-8/h6-7,9H,2-5H2,1H3,(H,10,11). The van der Waals surface area contributed by atoms with Crippen molar-refractivity contribution in [2.45, 2.75) is 26.3 Å². The van der Waals surface area contributed by atoms with Crippen LogP contribution in [0.4, 0.5) is 0 Å². The first kappa shape index (κ1) is 8.27. The van der Waals surface area contributed by atoms with Gasteiger partial charge >= 0.3 is 0 Å². The fraction of sp³-hybridized carbons (Fsp3) is 0.625. The minimum absolute atomic E-state index is 0.927. The monoisotopic (exact) mass is 153 g/mol. The predicted octanol–water partition coefficient (Wildman–Crippen LogP) is 1.30. The highest BCUT2D eigenvalue weighted by Gasteiger charge is 1.90. The first-order valence-electron chi connectivity index (χ1n) is 4.12. The number of aromatic nitrogens is 2. The molecule has 2 N–H and O–H groups in total. The quantitative estimate of drug-likeness (QED) is 0.626. The molecule has 1 aromatic heterocycles. The summed E-state index contributed by atoms with van der Waals surface area (Å²) in [6.07, 6.45) is 6.26. The summed E-state index contributed by atoms with van der Waals surface area (Å²) in [5, 5.41) is 9.97. The first-order chi connectivity index (χ1) is 5.43. The Morgan fingerprint density at radius 1 is 1.64 bits per heavy atom. The van der Waals surface area contributed by atoms with E-state index >= 15 is 0 Å². The van der Waals surface area contributed by atoms with Gasteiger partial charge in [-0.15, -0.1) is 0 Å². The molecule has 0 bridgehead atoms. The number of rotatable bonds is 5. The van der Waals surface area contributed by atoms with Gasteiger partial charge in [-0.2, -0.15) is 5.10 Å². The lowest BCUT2D eigenvalue weighted by atomic mass is 10.3. The maximum absolute atomic E-state index is 3.86. The van der Waals surface area contributed by atoms with Crippen molar-refractivity contribution < 1.29 is 0 Å². The van der Waals surface area contributed by atoms with Crippen LogP contribution in [0, 0.1) is 0 Å². The molecule has 3 heteroatoms. The number of H-pyrrole nitrogens is 1. The van der Waals surface area contributed by atoms with Crippen molar-refractivity contribution in [2.24, 2.45) is 0 Å². The minimum Gasteiger partial charge on any atom is -0.313 e. The molecular formula is C8H15N3.